The summed E-state index contributed by atoms with van der Waals surface area (Å²) < 4.78 is 1.69. The van der Waals surface area contributed by atoms with Gasteiger partial charge in [0, 0.05) is 5.02 Å². The van der Waals surface area contributed by atoms with Crippen LogP contribution in [0.15, 0.2) is 18.2 Å². The SMILES string of the molecule is Cc1nnc(CBr)n1-c1ccc(Cl)cc1C(=O)O. The molecule has 0 fully saturated rings. The van der Waals surface area contributed by atoms with Gasteiger partial charge in [-0.3, -0.25) is 4.57 Å². The van der Waals surface area contributed by atoms with E-state index in [1.165, 1.54) is 6.07 Å². The third-order valence-corrected chi connectivity index (χ3v) is 3.18. The van der Waals surface area contributed by atoms with E-state index in [1.54, 1.807) is 23.6 Å². The Hall–Kier alpha value is -1.40. The molecule has 0 saturated carbocycles. The Morgan fingerprint density at radius 1 is 1.50 bits per heavy atom. The molecule has 0 aliphatic rings. The lowest BCUT2D eigenvalue weighted by Gasteiger charge is -2.10. The minimum absolute atomic E-state index is 0.118. The van der Waals surface area contributed by atoms with Crippen molar-refractivity contribution in [3.63, 3.8) is 0 Å². The second kappa shape index (κ2) is 5.07. The van der Waals surface area contributed by atoms with Crippen LogP contribution in [-0.2, 0) is 5.33 Å². The number of hydrogen-bond donors (Lipinski definition) is 1. The number of carboxylic acids is 1. The Kier molecular flexibility index (Phi) is 3.68. The molecular weight excluding hydrogens is 321 g/mol. The van der Waals surface area contributed by atoms with Crippen LogP contribution in [-0.4, -0.2) is 25.8 Å². The number of aryl methyl sites for hydroxylation is 1. The second-order valence-corrected chi connectivity index (χ2v) is 4.60. The van der Waals surface area contributed by atoms with E-state index < -0.39 is 5.97 Å². The Morgan fingerprint density at radius 2 is 2.22 bits per heavy atom. The van der Waals surface area contributed by atoms with Gasteiger partial charge in [0.25, 0.3) is 0 Å². The summed E-state index contributed by atoms with van der Waals surface area (Å²) in [5, 5.41) is 18.0. The smallest absolute Gasteiger partial charge is 0.337 e. The predicted octanol–water partition coefficient (Wildman–Crippen LogP) is 2.82. The predicted molar refractivity (Wildman–Crippen MR) is 70.7 cm³/mol. The van der Waals surface area contributed by atoms with Gasteiger partial charge in [0.1, 0.15) is 11.6 Å². The molecule has 0 unspecified atom stereocenters. The van der Waals surface area contributed by atoms with Gasteiger partial charge >= 0.3 is 5.97 Å². The van der Waals surface area contributed by atoms with Gasteiger partial charge in [-0.25, -0.2) is 4.79 Å². The summed E-state index contributed by atoms with van der Waals surface area (Å²) in [6.07, 6.45) is 0. The molecule has 0 spiro atoms. The first-order valence-corrected chi connectivity index (χ1v) is 6.54. The van der Waals surface area contributed by atoms with E-state index >= 15 is 0 Å². The summed E-state index contributed by atoms with van der Waals surface area (Å²) in [4.78, 5) is 11.3. The second-order valence-electron chi connectivity index (χ2n) is 3.60. The fraction of sp³-hybridized carbons (Fsp3) is 0.182. The van der Waals surface area contributed by atoms with Crippen molar-refractivity contribution in [1.29, 1.82) is 0 Å². The minimum atomic E-state index is -1.04. The van der Waals surface area contributed by atoms with Gasteiger partial charge in [-0.15, -0.1) is 10.2 Å². The van der Waals surface area contributed by atoms with Gasteiger partial charge < -0.3 is 5.11 Å². The van der Waals surface area contributed by atoms with Crippen molar-refractivity contribution in [1.82, 2.24) is 14.8 Å². The van der Waals surface area contributed by atoms with Crippen LogP contribution in [0.1, 0.15) is 22.0 Å². The van der Waals surface area contributed by atoms with Gasteiger partial charge in [-0.05, 0) is 25.1 Å². The van der Waals surface area contributed by atoms with Crippen molar-refractivity contribution in [2.24, 2.45) is 0 Å². The fourth-order valence-electron chi connectivity index (χ4n) is 1.68. The molecule has 1 aromatic heterocycles. The van der Waals surface area contributed by atoms with Crippen LogP contribution in [0.5, 0.6) is 0 Å². The summed E-state index contributed by atoms with van der Waals surface area (Å²) >= 11 is 9.12. The van der Waals surface area contributed by atoms with Gasteiger partial charge in [0.05, 0.1) is 16.6 Å². The first-order chi connectivity index (χ1) is 8.54. The number of rotatable bonds is 3. The molecule has 1 N–H and O–H groups in total. The Morgan fingerprint density at radius 3 is 2.83 bits per heavy atom. The van der Waals surface area contributed by atoms with E-state index in [9.17, 15) is 9.90 Å². The van der Waals surface area contributed by atoms with Gasteiger partial charge in [0.15, 0.2) is 0 Å². The quantitative estimate of drug-likeness (QED) is 0.879. The molecular formula is C11H9BrClN3O2. The molecule has 0 radical (unpaired) electrons. The minimum Gasteiger partial charge on any atom is -0.478 e. The number of benzene rings is 1. The van der Waals surface area contributed by atoms with Gasteiger partial charge in [-0.1, -0.05) is 27.5 Å². The van der Waals surface area contributed by atoms with Crippen LogP contribution >= 0.6 is 27.5 Å². The fourth-order valence-corrected chi connectivity index (χ4v) is 2.22. The van der Waals surface area contributed by atoms with E-state index in [1.807, 2.05) is 0 Å². The maximum Gasteiger partial charge on any atom is 0.337 e. The number of aromatic nitrogens is 3. The van der Waals surface area contributed by atoms with Crippen LogP contribution in [0.2, 0.25) is 5.02 Å². The molecule has 0 aliphatic carbocycles. The lowest BCUT2D eigenvalue weighted by molar-refractivity contribution is 0.0697. The highest BCUT2D eigenvalue weighted by Gasteiger charge is 2.17. The molecule has 1 heterocycles. The van der Waals surface area contributed by atoms with Crippen LogP contribution in [0, 0.1) is 6.92 Å². The molecule has 0 atom stereocenters. The average Bonchev–Trinajstić information content (AvgIpc) is 2.70. The number of carboxylic acid groups (broad SMARTS) is 1. The highest BCUT2D eigenvalue weighted by Crippen LogP contribution is 2.22. The Labute approximate surface area is 117 Å². The van der Waals surface area contributed by atoms with Gasteiger partial charge in [0.2, 0.25) is 0 Å². The largest absolute Gasteiger partial charge is 0.478 e. The zero-order chi connectivity index (χ0) is 13.3. The summed E-state index contributed by atoms with van der Waals surface area (Å²) in [5.41, 5.74) is 0.622. The van der Waals surface area contributed by atoms with Crippen LogP contribution in [0.4, 0.5) is 0 Å². The third kappa shape index (κ3) is 2.26. The zero-order valence-corrected chi connectivity index (χ0v) is 11.7. The van der Waals surface area contributed by atoms with Crippen molar-refractivity contribution in [2.75, 3.05) is 0 Å². The number of carbonyl (C=O) groups is 1. The molecule has 18 heavy (non-hydrogen) atoms. The van der Waals surface area contributed by atoms with Crippen molar-refractivity contribution in [3.05, 3.63) is 40.4 Å². The van der Waals surface area contributed by atoms with Crippen molar-refractivity contribution >= 4 is 33.5 Å². The van der Waals surface area contributed by atoms with Crippen molar-refractivity contribution < 1.29 is 9.90 Å². The molecule has 2 rings (SSSR count). The molecule has 0 amide bonds. The highest BCUT2D eigenvalue weighted by molar-refractivity contribution is 9.08. The maximum absolute atomic E-state index is 11.3. The van der Waals surface area contributed by atoms with Crippen molar-refractivity contribution in [3.8, 4) is 5.69 Å². The number of hydrogen-bond acceptors (Lipinski definition) is 3. The highest BCUT2D eigenvalue weighted by atomic mass is 79.9. The molecule has 0 saturated heterocycles. The van der Waals surface area contributed by atoms with Gasteiger partial charge in [-0.2, -0.15) is 0 Å². The number of nitrogens with zero attached hydrogens (tertiary/aromatic N) is 3. The van der Waals surface area contributed by atoms with E-state index in [2.05, 4.69) is 26.1 Å². The molecule has 94 valence electrons. The van der Waals surface area contributed by atoms with E-state index in [0.29, 0.717) is 27.7 Å². The zero-order valence-electron chi connectivity index (χ0n) is 9.39. The third-order valence-electron chi connectivity index (χ3n) is 2.44. The van der Waals surface area contributed by atoms with E-state index in [0.717, 1.165) is 0 Å². The van der Waals surface area contributed by atoms with Crippen LogP contribution in [0.3, 0.4) is 0 Å². The lowest BCUT2D eigenvalue weighted by atomic mass is 10.1. The number of aromatic carboxylic acids is 1. The Bertz CT molecular complexity index is 612. The topological polar surface area (TPSA) is 68.0 Å². The molecule has 1 aromatic carbocycles. The van der Waals surface area contributed by atoms with E-state index in [-0.39, 0.29) is 5.56 Å². The summed E-state index contributed by atoms with van der Waals surface area (Å²) in [7, 11) is 0. The first-order valence-electron chi connectivity index (χ1n) is 5.04. The molecule has 5 nitrogen and oxygen atoms in total. The summed E-state index contributed by atoms with van der Waals surface area (Å²) in [6.45, 7) is 1.76. The average molecular weight is 331 g/mol. The molecule has 2 aromatic rings. The molecule has 7 heteroatoms. The molecule has 0 bridgehead atoms. The monoisotopic (exact) mass is 329 g/mol. The normalized spacial score (nSPS) is 10.6. The number of halogens is 2. The maximum atomic E-state index is 11.3. The summed E-state index contributed by atoms with van der Waals surface area (Å²) in [6, 6.07) is 4.70. The Balaban J connectivity index is 2.70. The van der Waals surface area contributed by atoms with Crippen LogP contribution in [0.25, 0.3) is 5.69 Å². The summed E-state index contributed by atoms with van der Waals surface area (Å²) in [5.74, 6) is 0.215. The standard InChI is InChI=1S/C11H9BrClN3O2/c1-6-14-15-10(5-12)16(6)9-3-2-7(13)4-8(9)11(17)18/h2-4H,5H2,1H3,(H,17,18). The lowest BCUT2D eigenvalue weighted by Crippen LogP contribution is -2.09. The molecule has 0 aliphatic heterocycles. The number of alkyl halides is 1. The van der Waals surface area contributed by atoms with Crippen LogP contribution < -0.4 is 0 Å². The first kappa shape index (κ1) is 13.0. The van der Waals surface area contributed by atoms with E-state index in [4.69, 9.17) is 11.6 Å². The van der Waals surface area contributed by atoms with Crippen molar-refractivity contribution in [2.45, 2.75) is 12.3 Å².